The van der Waals surface area contributed by atoms with Crippen molar-refractivity contribution in [2.75, 3.05) is 26.3 Å². The molecule has 2 aliphatic rings. The van der Waals surface area contributed by atoms with Crippen LogP contribution in [-0.4, -0.2) is 42.3 Å². The fourth-order valence-corrected chi connectivity index (χ4v) is 4.39. The van der Waals surface area contributed by atoms with Crippen molar-refractivity contribution in [3.63, 3.8) is 0 Å². The quantitative estimate of drug-likeness (QED) is 0.828. The van der Waals surface area contributed by atoms with E-state index in [-0.39, 0.29) is 0 Å². The van der Waals surface area contributed by atoms with Crippen LogP contribution in [0.5, 0.6) is 5.75 Å². The van der Waals surface area contributed by atoms with Crippen LogP contribution in [0.3, 0.4) is 0 Å². The second-order valence-corrected chi connectivity index (χ2v) is 7.69. The molecule has 0 bridgehead atoms. The zero-order valence-electron chi connectivity index (χ0n) is 12.7. The average molecular weight is 351 g/mol. The molecule has 0 radical (unpaired) electrons. The van der Waals surface area contributed by atoms with Gasteiger partial charge in [-0.1, -0.05) is 17.7 Å². The van der Waals surface area contributed by atoms with Crippen molar-refractivity contribution in [1.82, 2.24) is 9.88 Å². The molecule has 4 rings (SSSR count). The normalized spacial score (nSPS) is 27.3. The van der Waals surface area contributed by atoms with Crippen LogP contribution in [0.25, 0.3) is 0 Å². The maximum absolute atomic E-state index is 5.99. The molecule has 2 aromatic heterocycles. The van der Waals surface area contributed by atoms with Crippen LogP contribution >= 0.6 is 22.9 Å². The van der Waals surface area contributed by atoms with E-state index in [9.17, 15) is 0 Å². The third-order valence-electron chi connectivity index (χ3n) is 4.62. The highest BCUT2D eigenvalue weighted by Crippen LogP contribution is 2.35. The summed E-state index contributed by atoms with van der Waals surface area (Å²) in [7, 11) is 0. The molecule has 3 atom stereocenters. The molecule has 0 unspecified atom stereocenters. The van der Waals surface area contributed by atoms with Gasteiger partial charge >= 0.3 is 0 Å². The first-order valence-corrected chi connectivity index (χ1v) is 9.13. The lowest BCUT2D eigenvalue weighted by Gasteiger charge is -2.19. The van der Waals surface area contributed by atoms with E-state index in [2.05, 4.69) is 27.4 Å². The molecule has 0 amide bonds. The summed E-state index contributed by atoms with van der Waals surface area (Å²) in [5.41, 5.74) is 0. The van der Waals surface area contributed by atoms with Gasteiger partial charge in [0.2, 0.25) is 0 Å². The van der Waals surface area contributed by atoms with E-state index >= 15 is 0 Å². The molecule has 0 spiro atoms. The van der Waals surface area contributed by atoms with E-state index in [1.165, 1.54) is 4.88 Å². The third-order valence-corrected chi connectivity index (χ3v) is 5.69. The molecular weight excluding hydrogens is 332 g/mol. The van der Waals surface area contributed by atoms with Gasteiger partial charge in [-0.2, -0.15) is 0 Å². The number of pyridine rings is 1. The van der Waals surface area contributed by atoms with Crippen LogP contribution in [0, 0.1) is 11.8 Å². The molecule has 0 N–H and O–H groups in total. The van der Waals surface area contributed by atoms with Crippen molar-refractivity contribution in [3.8, 4) is 5.75 Å². The van der Waals surface area contributed by atoms with Gasteiger partial charge in [0.15, 0.2) is 0 Å². The summed E-state index contributed by atoms with van der Waals surface area (Å²) in [6, 6.07) is 6.12. The summed E-state index contributed by atoms with van der Waals surface area (Å²) < 4.78 is 11.9. The van der Waals surface area contributed by atoms with Gasteiger partial charge in [-0.15, -0.1) is 11.3 Å². The molecule has 0 aromatic carbocycles. The lowest BCUT2D eigenvalue weighted by atomic mass is 9.94. The first-order valence-electron chi connectivity index (χ1n) is 7.87. The Morgan fingerprint density at radius 3 is 3.17 bits per heavy atom. The van der Waals surface area contributed by atoms with Crippen molar-refractivity contribution in [2.24, 2.45) is 11.8 Å². The number of rotatable bonds is 5. The number of thiophene rings is 1. The third kappa shape index (κ3) is 3.53. The number of likely N-dealkylation sites (tertiary alicyclic amines) is 1. The zero-order chi connectivity index (χ0) is 15.6. The van der Waals surface area contributed by atoms with Crippen LogP contribution in [-0.2, 0) is 11.3 Å². The highest BCUT2D eigenvalue weighted by molar-refractivity contribution is 7.09. The standard InChI is InChI=1S/C17H19ClN2O2S/c18-13-4-14(6-19-5-13)21-10-12-11-22-17-9-20(8-16(12)17)7-15-2-1-3-23-15/h1-6,12,16-17H,7-11H2/t12-,16+,17+/m0/s1. The lowest BCUT2D eigenvalue weighted by Crippen LogP contribution is -2.26. The fourth-order valence-electron chi connectivity index (χ4n) is 3.48. The Hall–Kier alpha value is -1.14. The summed E-state index contributed by atoms with van der Waals surface area (Å²) in [6.45, 7) is 4.59. The lowest BCUT2D eigenvalue weighted by molar-refractivity contribution is 0.0899. The molecular formula is C17H19ClN2O2S. The molecule has 4 heterocycles. The number of nitrogens with zero attached hydrogens (tertiary/aromatic N) is 2. The van der Waals surface area contributed by atoms with Crippen LogP contribution in [0.4, 0.5) is 0 Å². The van der Waals surface area contributed by atoms with E-state index in [0.717, 1.165) is 32.0 Å². The van der Waals surface area contributed by atoms with E-state index in [4.69, 9.17) is 21.1 Å². The second kappa shape index (κ2) is 6.77. The minimum atomic E-state index is 0.348. The monoisotopic (exact) mass is 350 g/mol. The Kier molecular flexibility index (Phi) is 4.53. The SMILES string of the molecule is Clc1cncc(OC[C@H]2CO[C@@H]3CN(Cc4cccs4)C[C@H]23)c1. The summed E-state index contributed by atoms with van der Waals surface area (Å²) >= 11 is 7.76. The van der Waals surface area contributed by atoms with Gasteiger partial charge in [0.25, 0.3) is 0 Å². The van der Waals surface area contributed by atoms with E-state index in [1.54, 1.807) is 18.5 Å². The second-order valence-electron chi connectivity index (χ2n) is 6.22. The highest BCUT2D eigenvalue weighted by Gasteiger charge is 2.43. The largest absolute Gasteiger partial charge is 0.492 e. The Balaban J connectivity index is 1.33. The molecule has 6 heteroatoms. The maximum atomic E-state index is 5.99. The predicted molar refractivity (Wildman–Crippen MR) is 91.1 cm³/mol. The maximum Gasteiger partial charge on any atom is 0.139 e. The number of halogens is 1. The Labute approximate surface area is 145 Å². The van der Waals surface area contributed by atoms with Gasteiger partial charge in [0.05, 0.1) is 30.5 Å². The van der Waals surface area contributed by atoms with Gasteiger partial charge in [-0.25, -0.2) is 0 Å². The molecule has 0 aliphatic carbocycles. The van der Waals surface area contributed by atoms with Crippen LogP contribution in [0.2, 0.25) is 5.02 Å². The van der Waals surface area contributed by atoms with Crippen molar-refractivity contribution >= 4 is 22.9 Å². The number of ether oxygens (including phenoxy) is 2. The van der Waals surface area contributed by atoms with Gasteiger partial charge in [-0.05, 0) is 11.4 Å². The molecule has 122 valence electrons. The van der Waals surface area contributed by atoms with Gasteiger partial charge < -0.3 is 9.47 Å². The first-order chi connectivity index (χ1) is 11.3. The van der Waals surface area contributed by atoms with Crippen molar-refractivity contribution in [2.45, 2.75) is 12.6 Å². The van der Waals surface area contributed by atoms with Crippen LogP contribution in [0.1, 0.15) is 4.88 Å². The summed E-state index contributed by atoms with van der Waals surface area (Å²) in [6.07, 6.45) is 3.67. The summed E-state index contributed by atoms with van der Waals surface area (Å²) in [5.74, 6) is 1.73. The minimum Gasteiger partial charge on any atom is -0.492 e. The van der Waals surface area contributed by atoms with E-state index < -0.39 is 0 Å². The first kappa shape index (κ1) is 15.4. The van der Waals surface area contributed by atoms with Gasteiger partial charge in [0, 0.05) is 48.6 Å². The molecule has 23 heavy (non-hydrogen) atoms. The van der Waals surface area contributed by atoms with Crippen LogP contribution < -0.4 is 4.74 Å². The van der Waals surface area contributed by atoms with E-state index in [0.29, 0.717) is 29.6 Å². The average Bonchev–Trinajstić information content (AvgIpc) is 3.24. The fraction of sp³-hybridized carbons (Fsp3) is 0.471. The summed E-state index contributed by atoms with van der Waals surface area (Å²) in [4.78, 5) is 7.97. The minimum absolute atomic E-state index is 0.348. The molecule has 2 aliphatic heterocycles. The number of aromatic nitrogens is 1. The molecule has 4 nitrogen and oxygen atoms in total. The van der Waals surface area contributed by atoms with Crippen LogP contribution in [0.15, 0.2) is 36.0 Å². The predicted octanol–water partition coefficient (Wildman–Crippen LogP) is 3.32. The van der Waals surface area contributed by atoms with Crippen molar-refractivity contribution < 1.29 is 9.47 Å². The number of fused-ring (bicyclic) bond motifs is 1. The zero-order valence-corrected chi connectivity index (χ0v) is 14.3. The molecule has 2 aromatic rings. The van der Waals surface area contributed by atoms with Gasteiger partial charge in [-0.3, -0.25) is 9.88 Å². The molecule has 2 fully saturated rings. The van der Waals surface area contributed by atoms with Gasteiger partial charge in [0.1, 0.15) is 5.75 Å². The molecule has 0 saturated carbocycles. The Morgan fingerprint density at radius 2 is 2.35 bits per heavy atom. The van der Waals surface area contributed by atoms with Crippen molar-refractivity contribution in [3.05, 3.63) is 45.9 Å². The molecule has 2 saturated heterocycles. The topological polar surface area (TPSA) is 34.6 Å². The smallest absolute Gasteiger partial charge is 0.139 e. The Morgan fingerprint density at radius 1 is 1.39 bits per heavy atom. The highest BCUT2D eigenvalue weighted by atomic mass is 35.5. The summed E-state index contributed by atoms with van der Waals surface area (Å²) in [5, 5.41) is 2.74. The van der Waals surface area contributed by atoms with Crippen molar-refractivity contribution in [1.29, 1.82) is 0 Å². The number of hydrogen-bond acceptors (Lipinski definition) is 5. The van der Waals surface area contributed by atoms with E-state index in [1.807, 2.05) is 11.3 Å². The Bertz CT molecular complexity index is 652. The number of hydrogen-bond donors (Lipinski definition) is 0.